The van der Waals surface area contributed by atoms with Crippen molar-refractivity contribution in [2.45, 2.75) is 24.3 Å². The summed E-state index contributed by atoms with van der Waals surface area (Å²) in [6, 6.07) is 12.1. The number of benzene rings is 1. The zero-order valence-electron chi connectivity index (χ0n) is 14.5. The summed E-state index contributed by atoms with van der Waals surface area (Å²) in [4.78, 5) is 12.0. The summed E-state index contributed by atoms with van der Waals surface area (Å²) in [7, 11) is 3.37. The topological polar surface area (TPSA) is 47.0 Å². The van der Waals surface area contributed by atoms with Crippen molar-refractivity contribution in [1.29, 1.82) is 0 Å². The number of thioether (sulfide) groups is 1. The molecule has 5 nitrogen and oxygen atoms in total. The molecule has 1 fully saturated rings. The molecule has 3 atom stereocenters. The van der Waals surface area contributed by atoms with Crippen LogP contribution in [-0.2, 0) is 0 Å². The molecule has 25 heavy (non-hydrogen) atoms. The van der Waals surface area contributed by atoms with E-state index in [1.807, 2.05) is 48.3 Å². The molecule has 0 N–H and O–H groups in total. The lowest BCUT2D eigenvalue weighted by molar-refractivity contribution is 0.306. The summed E-state index contributed by atoms with van der Waals surface area (Å²) in [6.45, 7) is 3.22. The van der Waals surface area contributed by atoms with Crippen molar-refractivity contribution in [2.24, 2.45) is 4.99 Å². The van der Waals surface area contributed by atoms with Gasteiger partial charge in [-0.15, -0.1) is 0 Å². The van der Waals surface area contributed by atoms with Crippen molar-refractivity contribution >= 4 is 16.9 Å². The minimum absolute atomic E-state index is 0.0292. The first-order valence-corrected chi connectivity index (χ1v) is 9.23. The van der Waals surface area contributed by atoms with Gasteiger partial charge < -0.3 is 14.4 Å². The second-order valence-electron chi connectivity index (χ2n) is 6.24. The van der Waals surface area contributed by atoms with Crippen molar-refractivity contribution in [3.05, 3.63) is 53.9 Å². The highest BCUT2D eigenvalue weighted by molar-refractivity contribution is 8.14. The highest BCUT2D eigenvalue weighted by Crippen LogP contribution is 2.49. The lowest BCUT2D eigenvalue weighted by Crippen LogP contribution is -2.28. The zero-order valence-corrected chi connectivity index (χ0v) is 15.4. The van der Waals surface area contributed by atoms with E-state index in [4.69, 9.17) is 14.5 Å². The first-order chi connectivity index (χ1) is 12.2. The molecule has 0 aliphatic carbocycles. The van der Waals surface area contributed by atoms with Gasteiger partial charge >= 0.3 is 0 Å². The molecule has 0 saturated carbocycles. The Morgan fingerprint density at radius 1 is 1.16 bits per heavy atom. The summed E-state index contributed by atoms with van der Waals surface area (Å²) in [5.41, 5.74) is 2.10. The van der Waals surface area contributed by atoms with Crippen LogP contribution in [-0.4, -0.2) is 41.1 Å². The van der Waals surface area contributed by atoms with Gasteiger partial charge in [-0.1, -0.05) is 24.8 Å². The average Bonchev–Trinajstić information content (AvgIpc) is 3.17. The van der Waals surface area contributed by atoms with Crippen LogP contribution in [0.2, 0.25) is 0 Å². The molecular weight excluding hydrogens is 334 g/mol. The number of aromatic nitrogens is 1. The van der Waals surface area contributed by atoms with E-state index in [9.17, 15) is 0 Å². The minimum Gasteiger partial charge on any atom is -0.497 e. The SMILES string of the molecule is COc1ccc([C@@H]2[C@H](c3ccccn3)N=C3S[C@@H](C)CN32)c(OC)c1. The van der Waals surface area contributed by atoms with E-state index < -0.39 is 0 Å². The molecule has 2 aliphatic rings. The van der Waals surface area contributed by atoms with Crippen LogP contribution in [0.25, 0.3) is 0 Å². The van der Waals surface area contributed by atoms with E-state index in [0.29, 0.717) is 5.25 Å². The molecule has 1 aromatic heterocycles. The molecule has 6 heteroatoms. The maximum Gasteiger partial charge on any atom is 0.160 e. The lowest BCUT2D eigenvalue weighted by atomic mass is 9.95. The number of rotatable bonds is 4. The number of methoxy groups -OCH3 is 2. The first-order valence-electron chi connectivity index (χ1n) is 8.35. The molecule has 130 valence electrons. The molecule has 0 spiro atoms. The number of amidine groups is 1. The molecule has 3 heterocycles. The van der Waals surface area contributed by atoms with Gasteiger partial charge in [-0.2, -0.15) is 0 Å². The van der Waals surface area contributed by atoms with Gasteiger partial charge in [0.15, 0.2) is 5.17 Å². The van der Waals surface area contributed by atoms with Gasteiger partial charge in [0, 0.05) is 29.6 Å². The Labute approximate surface area is 152 Å². The number of aliphatic imine (C=N–C) groups is 1. The van der Waals surface area contributed by atoms with Crippen molar-refractivity contribution in [3.8, 4) is 11.5 Å². The van der Waals surface area contributed by atoms with Crippen molar-refractivity contribution in [2.75, 3.05) is 20.8 Å². The first kappa shape index (κ1) is 16.3. The van der Waals surface area contributed by atoms with Gasteiger partial charge in [-0.05, 0) is 24.3 Å². The fourth-order valence-electron chi connectivity index (χ4n) is 3.52. The molecule has 2 aliphatic heterocycles. The number of hydrogen-bond acceptors (Lipinski definition) is 6. The molecule has 0 bridgehead atoms. The van der Waals surface area contributed by atoms with Gasteiger partial charge in [0.05, 0.1) is 26.0 Å². The molecule has 2 aromatic rings. The Hall–Kier alpha value is -2.21. The van der Waals surface area contributed by atoms with Crippen LogP contribution in [0.4, 0.5) is 0 Å². The predicted octanol–water partition coefficient (Wildman–Crippen LogP) is 3.69. The molecule has 0 radical (unpaired) electrons. The smallest absolute Gasteiger partial charge is 0.160 e. The normalized spacial score (nSPS) is 24.8. The predicted molar refractivity (Wildman–Crippen MR) is 100 cm³/mol. The van der Waals surface area contributed by atoms with Gasteiger partial charge in [-0.25, -0.2) is 0 Å². The monoisotopic (exact) mass is 355 g/mol. The number of fused-ring (bicyclic) bond motifs is 1. The maximum absolute atomic E-state index is 5.67. The summed E-state index contributed by atoms with van der Waals surface area (Å²) < 4.78 is 11.0. The van der Waals surface area contributed by atoms with Crippen LogP contribution >= 0.6 is 11.8 Å². The van der Waals surface area contributed by atoms with E-state index in [2.05, 4.69) is 22.9 Å². The summed E-state index contributed by atoms with van der Waals surface area (Å²) in [5.74, 6) is 1.62. The molecule has 1 aromatic carbocycles. The molecular formula is C19H21N3O2S. The number of pyridine rings is 1. The van der Waals surface area contributed by atoms with Crippen molar-refractivity contribution < 1.29 is 9.47 Å². The van der Waals surface area contributed by atoms with Crippen LogP contribution in [0.5, 0.6) is 11.5 Å². The van der Waals surface area contributed by atoms with Gasteiger partial charge in [0.2, 0.25) is 0 Å². The fraction of sp³-hybridized carbons (Fsp3) is 0.368. The highest BCUT2D eigenvalue weighted by atomic mass is 32.2. The van der Waals surface area contributed by atoms with E-state index in [0.717, 1.165) is 34.5 Å². The third-order valence-electron chi connectivity index (χ3n) is 4.64. The maximum atomic E-state index is 5.67. The van der Waals surface area contributed by atoms with Crippen LogP contribution in [0, 0.1) is 0 Å². The number of ether oxygens (including phenoxy) is 2. The Balaban J connectivity index is 1.80. The summed E-state index contributed by atoms with van der Waals surface area (Å²) in [6.07, 6.45) is 1.83. The molecule has 0 amide bonds. The van der Waals surface area contributed by atoms with E-state index in [1.54, 1.807) is 14.2 Å². The van der Waals surface area contributed by atoms with E-state index in [1.165, 1.54) is 0 Å². The highest BCUT2D eigenvalue weighted by Gasteiger charge is 2.44. The van der Waals surface area contributed by atoms with Crippen molar-refractivity contribution in [1.82, 2.24) is 9.88 Å². The van der Waals surface area contributed by atoms with Crippen molar-refractivity contribution in [3.63, 3.8) is 0 Å². The largest absolute Gasteiger partial charge is 0.497 e. The Morgan fingerprint density at radius 3 is 2.76 bits per heavy atom. The third-order valence-corrected chi connectivity index (χ3v) is 5.74. The quantitative estimate of drug-likeness (QED) is 0.837. The zero-order chi connectivity index (χ0) is 17.4. The Morgan fingerprint density at radius 2 is 2.04 bits per heavy atom. The molecule has 4 rings (SSSR count). The molecule has 0 unspecified atom stereocenters. The second-order valence-corrected chi connectivity index (χ2v) is 7.65. The number of hydrogen-bond donors (Lipinski definition) is 0. The Kier molecular flexibility index (Phi) is 4.29. The van der Waals surface area contributed by atoms with Gasteiger partial charge in [-0.3, -0.25) is 9.98 Å². The average molecular weight is 355 g/mol. The van der Waals surface area contributed by atoms with Crippen LogP contribution in [0.3, 0.4) is 0 Å². The Bertz CT molecular complexity index is 797. The van der Waals surface area contributed by atoms with E-state index >= 15 is 0 Å². The second kappa shape index (κ2) is 6.59. The minimum atomic E-state index is -0.0292. The van der Waals surface area contributed by atoms with Gasteiger partial charge in [0.25, 0.3) is 0 Å². The lowest BCUT2D eigenvalue weighted by Gasteiger charge is -2.28. The third kappa shape index (κ3) is 2.84. The standard InChI is InChI=1S/C19H21N3O2S/c1-12-11-22-18(14-8-7-13(23-2)10-16(14)24-3)17(21-19(22)25-12)15-6-4-5-9-20-15/h4-10,12,17-18H,11H2,1-3H3/t12-,17-,18+/m0/s1. The van der Waals surface area contributed by atoms with Crippen LogP contribution in [0.15, 0.2) is 47.6 Å². The summed E-state index contributed by atoms with van der Waals surface area (Å²) in [5, 5.41) is 1.64. The number of nitrogens with zero attached hydrogens (tertiary/aromatic N) is 3. The fourth-order valence-corrected chi connectivity index (χ4v) is 4.61. The van der Waals surface area contributed by atoms with Gasteiger partial charge in [0.1, 0.15) is 17.5 Å². The molecule has 1 saturated heterocycles. The van der Waals surface area contributed by atoms with Crippen LogP contribution < -0.4 is 9.47 Å². The summed E-state index contributed by atoms with van der Waals surface area (Å²) >= 11 is 1.84. The van der Waals surface area contributed by atoms with Crippen LogP contribution in [0.1, 0.15) is 30.3 Å². The van der Waals surface area contributed by atoms with E-state index in [-0.39, 0.29) is 12.1 Å².